The van der Waals surface area contributed by atoms with E-state index in [1.54, 1.807) is 0 Å². The third-order valence-corrected chi connectivity index (χ3v) is 4.31. The van der Waals surface area contributed by atoms with Gasteiger partial charge in [0.2, 0.25) is 0 Å². The monoisotopic (exact) mass is 393 g/mol. The Hall–Kier alpha value is -3.27. The Bertz CT molecular complexity index is 1020. The molecule has 0 fully saturated rings. The van der Waals surface area contributed by atoms with Gasteiger partial charge in [-0.2, -0.15) is 13.2 Å². The van der Waals surface area contributed by atoms with Crippen molar-refractivity contribution in [2.24, 2.45) is 0 Å². The van der Waals surface area contributed by atoms with E-state index in [0.29, 0.717) is 0 Å². The van der Waals surface area contributed by atoms with Crippen LogP contribution in [0.3, 0.4) is 0 Å². The number of aromatic nitrogens is 1. The summed E-state index contributed by atoms with van der Waals surface area (Å²) in [6, 6.07) is 10.1. The average Bonchev–Trinajstić information content (AvgIpc) is 3.09. The van der Waals surface area contributed by atoms with Gasteiger partial charge in [0.25, 0.3) is 11.6 Å². The number of halogens is 3. The molecule has 1 heterocycles. The molecule has 0 saturated carbocycles. The lowest BCUT2D eigenvalue weighted by molar-refractivity contribution is -0.385. The molecule has 1 amide bonds. The molecule has 0 spiro atoms. The number of nitro benzene ring substituents is 1. The van der Waals surface area contributed by atoms with Gasteiger partial charge >= 0.3 is 6.18 Å². The van der Waals surface area contributed by atoms with Crippen LogP contribution in [-0.4, -0.2) is 15.8 Å². The number of amides is 1. The van der Waals surface area contributed by atoms with E-state index in [9.17, 15) is 28.1 Å². The molecule has 10 heteroatoms. The zero-order valence-electron chi connectivity index (χ0n) is 13.4. The van der Waals surface area contributed by atoms with Crippen molar-refractivity contribution in [3.05, 3.63) is 75.2 Å². The standard InChI is InChI=1S/C17H10F3N3O3S/c18-17(19,20)11-5-3-4-10(8-11)13-9-27-16(21-13)22-15(24)12-6-1-2-7-14(12)23(25)26/h1-9H,(H,21,22,24). The Balaban J connectivity index is 1.83. The quantitative estimate of drug-likeness (QED) is 0.500. The minimum absolute atomic E-state index is 0.116. The average molecular weight is 393 g/mol. The largest absolute Gasteiger partial charge is 0.416 e. The smallest absolute Gasteiger partial charge is 0.298 e. The zero-order chi connectivity index (χ0) is 19.6. The summed E-state index contributed by atoms with van der Waals surface area (Å²) in [6.07, 6.45) is -4.48. The van der Waals surface area contributed by atoms with Crippen molar-refractivity contribution < 1.29 is 22.9 Å². The van der Waals surface area contributed by atoms with Gasteiger partial charge in [-0.05, 0) is 18.2 Å². The Morgan fingerprint density at radius 1 is 1.15 bits per heavy atom. The highest BCUT2D eigenvalue weighted by atomic mass is 32.1. The number of hydrogen-bond acceptors (Lipinski definition) is 5. The second kappa shape index (κ2) is 7.16. The molecule has 6 nitrogen and oxygen atoms in total. The normalized spacial score (nSPS) is 11.2. The number of carbonyl (C=O) groups excluding carboxylic acids is 1. The Morgan fingerprint density at radius 2 is 1.89 bits per heavy atom. The number of nitrogens with one attached hydrogen (secondary N) is 1. The van der Waals surface area contributed by atoms with Crippen LogP contribution in [0.2, 0.25) is 0 Å². The van der Waals surface area contributed by atoms with Crippen LogP contribution in [0.1, 0.15) is 15.9 Å². The Labute approximate surface area is 154 Å². The second-order valence-corrected chi connectivity index (χ2v) is 6.20. The highest BCUT2D eigenvalue weighted by Crippen LogP contribution is 2.33. The van der Waals surface area contributed by atoms with Crippen molar-refractivity contribution in [3.8, 4) is 11.3 Å². The summed E-state index contributed by atoms with van der Waals surface area (Å²) in [7, 11) is 0. The molecule has 0 saturated heterocycles. The molecule has 2 aromatic carbocycles. The van der Waals surface area contributed by atoms with E-state index >= 15 is 0 Å². The van der Waals surface area contributed by atoms with E-state index in [-0.39, 0.29) is 27.6 Å². The number of nitro groups is 1. The molecule has 0 unspecified atom stereocenters. The lowest BCUT2D eigenvalue weighted by Crippen LogP contribution is -2.13. The summed E-state index contributed by atoms with van der Waals surface area (Å²) in [6.45, 7) is 0. The lowest BCUT2D eigenvalue weighted by atomic mass is 10.1. The molecule has 3 aromatic rings. The molecule has 27 heavy (non-hydrogen) atoms. The van der Waals surface area contributed by atoms with Crippen LogP contribution in [0.15, 0.2) is 53.9 Å². The van der Waals surface area contributed by atoms with E-state index in [1.807, 2.05) is 0 Å². The van der Waals surface area contributed by atoms with Gasteiger partial charge < -0.3 is 0 Å². The predicted octanol–water partition coefficient (Wildman–Crippen LogP) is 4.99. The number of rotatable bonds is 4. The number of alkyl halides is 3. The van der Waals surface area contributed by atoms with Crippen LogP contribution in [0.5, 0.6) is 0 Å². The van der Waals surface area contributed by atoms with Gasteiger partial charge in [0.15, 0.2) is 5.13 Å². The maximum atomic E-state index is 12.8. The first-order chi connectivity index (χ1) is 12.8. The summed E-state index contributed by atoms with van der Waals surface area (Å²) in [5.41, 5.74) is -0.808. The number of nitrogens with zero attached hydrogens (tertiary/aromatic N) is 2. The van der Waals surface area contributed by atoms with E-state index in [1.165, 1.54) is 41.8 Å². The van der Waals surface area contributed by atoms with E-state index < -0.39 is 22.6 Å². The molecule has 0 atom stereocenters. The molecule has 0 aliphatic carbocycles. The number of anilines is 1. The van der Waals surface area contributed by atoms with Crippen molar-refractivity contribution in [1.82, 2.24) is 4.98 Å². The SMILES string of the molecule is O=C(Nc1nc(-c2cccc(C(F)(F)F)c2)cs1)c1ccccc1[N+](=O)[O-]. The van der Waals surface area contributed by atoms with Gasteiger partial charge in [-0.25, -0.2) is 4.98 Å². The molecule has 1 aromatic heterocycles. The molecule has 0 radical (unpaired) electrons. The van der Waals surface area contributed by atoms with Crippen LogP contribution >= 0.6 is 11.3 Å². The van der Waals surface area contributed by atoms with E-state index in [2.05, 4.69) is 10.3 Å². The van der Waals surface area contributed by atoms with E-state index in [0.717, 1.165) is 23.5 Å². The van der Waals surface area contributed by atoms with Crippen molar-refractivity contribution in [3.63, 3.8) is 0 Å². The number of hydrogen-bond donors (Lipinski definition) is 1. The molecular weight excluding hydrogens is 383 g/mol. The van der Waals surface area contributed by atoms with Gasteiger partial charge in [0.1, 0.15) is 5.56 Å². The first kappa shape index (κ1) is 18.5. The van der Waals surface area contributed by atoms with Crippen LogP contribution < -0.4 is 5.32 Å². The number of carbonyl (C=O) groups is 1. The summed E-state index contributed by atoms with van der Waals surface area (Å²) in [5, 5.41) is 15.0. The minimum atomic E-state index is -4.48. The molecular formula is C17H10F3N3O3S. The number of thiazole rings is 1. The summed E-state index contributed by atoms with van der Waals surface area (Å²) in [4.78, 5) is 26.7. The molecule has 3 rings (SSSR count). The van der Waals surface area contributed by atoms with Gasteiger partial charge in [-0.1, -0.05) is 24.3 Å². The molecule has 0 aliphatic heterocycles. The minimum Gasteiger partial charge on any atom is -0.298 e. The summed E-state index contributed by atoms with van der Waals surface area (Å²) >= 11 is 1.00. The zero-order valence-corrected chi connectivity index (χ0v) is 14.2. The first-order valence-electron chi connectivity index (χ1n) is 7.43. The Morgan fingerprint density at radius 3 is 2.59 bits per heavy atom. The van der Waals surface area contributed by atoms with Crippen LogP contribution in [0, 0.1) is 10.1 Å². The third-order valence-electron chi connectivity index (χ3n) is 3.56. The predicted molar refractivity (Wildman–Crippen MR) is 93.6 cm³/mol. The Kier molecular flexibility index (Phi) is 4.91. The molecule has 138 valence electrons. The fraction of sp³-hybridized carbons (Fsp3) is 0.0588. The fourth-order valence-electron chi connectivity index (χ4n) is 2.31. The maximum Gasteiger partial charge on any atom is 0.416 e. The van der Waals surface area contributed by atoms with Crippen LogP contribution in [-0.2, 0) is 6.18 Å². The van der Waals surface area contributed by atoms with Crippen molar-refractivity contribution in [2.75, 3.05) is 5.32 Å². The van der Waals surface area contributed by atoms with Crippen molar-refractivity contribution >= 4 is 28.1 Å². The van der Waals surface area contributed by atoms with Crippen LogP contribution in [0.4, 0.5) is 24.0 Å². The number of benzene rings is 2. The highest BCUT2D eigenvalue weighted by Gasteiger charge is 2.30. The van der Waals surface area contributed by atoms with Crippen molar-refractivity contribution in [2.45, 2.75) is 6.18 Å². The van der Waals surface area contributed by atoms with Gasteiger partial charge in [-0.3, -0.25) is 20.2 Å². The molecule has 1 N–H and O–H groups in total. The molecule has 0 aliphatic rings. The topological polar surface area (TPSA) is 85.1 Å². The fourth-order valence-corrected chi connectivity index (χ4v) is 3.02. The number of para-hydroxylation sites is 1. The molecule has 0 bridgehead atoms. The van der Waals surface area contributed by atoms with Crippen LogP contribution in [0.25, 0.3) is 11.3 Å². The van der Waals surface area contributed by atoms with E-state index in [4.69, 9.17) is 0 Å². The van der Waals surface area contributed by atoms with Gasteiger partial charge in [0.05, 0.1) is 16.2 Å². The third kappa shape index (κ3) is 4.11. The first-order valence-corrected chi connectivity index (χ1v) is 8.31. The summed E-state index contributed by atoms with van der Waals surface area (Å²) in [5.74, 6) is -0.729. The highest BCUT2D eigenvalue weighted by molar-refractivity contribution is 7.14. The lowest BCUT2D eigenvalue weighted by Gasteiger charge is -2.07. The second-order valence-electron chi connectivity index (χ2n) is 5.34. The van der Waals surface area contributed by atoms with Crippen molar-refractivity contribution in [1.29, 1.82) is 0 Å². The summed E-state index contributed by atoms with van der Waals surface area (Å²) < 4.78 is 38.5. The van der Waals surface area contributed by atoms with Gasteiger partial charge in [-0.15, -0.1) is 11.3 Å². The maximum absolute atomic E-state index is 12.8. The van der Waals surface area contributed by atoms with Gasteiger partial charge in [0, 0.05) is 17.0 Å².